The zero-order valence-corrected chi connectivity index (χ0v) is 10.5. The second-order valence-electron chi connectivity index (χ2n) is 4.19. The van der Waals surface area contributed by atoms with Crippen LogP contribution in [0.15, 0.2) is 0 Å². The average molecular weight is 281 g/mol. The first kappa shape index (κ1) is 10.8. The van der Waals surface area contributed by atoms with Gasteiger partial charge in [0.2, 0.25) is 0 Å². The number of likely N-dealkylation sites (tertiary alicyclic amines) is 1. The summed E-state index contributed by atoms with van der Waals surface area (Å²) >= 11 is 2.51. The number of halogens is 1. The average Bonchev–Trinajstić information content (AvgIpc) is 2.04. The van der Waals surface area contributed by atoms with Crippen LogP contribution in [0.2, 0.25) is 0 Å². The molecule has 1 nitrogen and oxygen atoms in total. The van der Waals surface area contributed by atoms with Crippen LogP contribution in [0.3, 0.4) is 0 Å². The molecule has 0 bridgehead atoms. The lowest BCUT2D eigenvalue weighted by Gasteiger charge is -2.35. The van der Waals surface area contributed by atoms with E-state index in [2.05, 4.69) is 48.3 Å². The lowest BCUT2D eigenvalue weighted by molar-refractivity contribution is 0.158. The van der Waals surface area contributed by atoms with E-state index in [4.69, 9.17) is 0 Å². The second-order valence-corrected chi connectivity index (χ2v) is 5.99. The van der Waals surface area contributed by atoms with Gasteiger partial charge >= 0.3 is 0 Å². The monoisotopic (exact) mass is 281 g/mol. The Balaban J connectivity index is 2.30. The van der Waals surface area contributed by atoms with E-state index < -0.39 is 0 Å². The number of rotatable bonds is 2. The molecule has 0 spiro atoms. The Morgan fingerprint density at radius 1 is 1.17 bits per heavy atom. The molecule has 0 radical (unpaired) electrons. The molecule has 0 aromatic heterocycles. The third-order valence-corrected chi connectivity index (χ3v) is 3.81. The Bertz CT molecular complexity index is 110. The molecular formula is C10H20IN. The zero-order chi connectivity index (χ0) is 9.14. The van der Waals surface area contributed by atoms with Gasteiger partial charge in [-0.3, -0.25) is 4.90 Å². The van der Waals surface area contributed by atoms with Crippen molar-refractivity contribution < 1.29 is 0 Å². The summed E-state index contributed by atoms with van der Waals surface area (Å²) in [6, 6.07) is 0. The molecule has 1 aliphatic heterocycles. The molecule has 1 fully saturated rings. The molecule has 1 saturated heterocycles. The van der Waals surface area contributed by atoms with E-state index in [0.29, 0.717) is 0 Å². The molecule has 1 aliphatic rings. The smallest absolute Gasteiger partial charge is 0.0589 e. The number of hydrogen-bond acceptors (Lipinski definition) is 1. The van der Waals surface area contributed by atoms with Gasteiger partial charge in [-0.2, -0.15) is 0 Å². The first-order chi connectivity index (χ1) is 5.61. The van der Waals surface area contributed by atoms with Crippen LogP contribution in [0.5, 0.6) is 0 Å². The van der Waals surface area contributed by atoms with E-state index in [0.717, 1.165) is 15.9 Å². The fourth-order valence-electron chi connectivity index (χ4n) is 1.94. The summed E-state index contributed by atoms with van der Waals surface area (Å²) in [6.07, 6.45) is 2.82. The number of nitrogens with zero attached hydrogens (tertiary/aromatic N) is 1. The standard InChI is InChI=1S/C10H20IN/c1-8(2)10-4-6-12(7-5-10)9(3)11/h8-10H,4-7H2,1-3H3. The topological polar surface area (TPSA) is 3.24 Å². The van der Waals surface area contributed by atoms with Gasteiger partial charge in [-0.1, -0.05) is 36.4 Å². The highest BCUT2D eigenvalue weighted by Gasteiger charge is 2.22. The Morgan fingerprint density at radius 3 is 2.00 bits per heavy atom. The third kappa shape index (κ3) is 2.87. The van der Waals surface area contributed by atoms with Crippen LogP contribution in [-0.4, -0.2) is 22.0 Å². The van der Waals surface area contributed by atoms with Crippen LogP contribution in [-0.2, 0) is 0 Å². The minimum atomic E-state index is 0.718. The normalized spacial score (nSPS) is 24.8. The van der Waals surface area contributed by atoms with Crippen molar-refractivity contribution in [3.8, 4) is 0 Å². The maximum Gasteiger partial charge on any atom is 0.0589 e. The van der Waals surface area contributed by atoms with Crippen LogP contribution < -0.4 is 0 Å². The SMILES string of the molecule is CC(C)C1CCN(C(C)I)CC1. The van der Waals surface area contributed by atoms with E-state index in [1.807, 2.05) is 0 Å². The number of alkyl halides is 1. The largest absolute Gasteiger partial charge is 0.292 e. The molecule has 1 atom stereocenters. The summed E-state index contributed by atoms with van der Waals surface area (Å²) in [5.41, 5.74) is 0. The van der Waals surface area contributed by atoms with Crippen molar-refractivity contribution in [1.29, 1.82) is 0 Å². The highest BCUT2D eigenvalue weighted by Crippen LogP contribution is 2.26. The van der Waals surface area contributed by atoms with Crippen molar-refractivity contribution in [2.75, 3.05) is 13.1 Å². The van der Waals surface area contributed by atoms with Crippen molar-refractivity contribution >= 4 is 22.6 Å². The Morgan fingerprint density at radius 2 is 1.67 bits per heavy atom. The maximum absolute atomic E-state index is 2.58. The van der Waals surface area contributed by atoms with Gasteiger partial charge in [0.15, 0.2) is 0 Å². The quantitative estimate of drug-likeness (QED) is 0.427. The molecule has 1 unspecified atom stereocenters. The van der Waals surface area contributed by atoms with E-state index in [1.165, 1.54) is 25.9 Å². The lowest BCUT2D eigenvalue weighted by Crippen LogP contribution is -2.38. The van der Waals surface area contributed by atoms with Crippen LogP contribution in [0, 0.1) is 11.8 Å². The first-order valence-electron chi connectivity index (χ1n) is 4.99. The fourth-order valence-corrected chi connectivity index (χ4v) is 2.50. The highest BCUT2D eigenvalue weighted by molar-refractivity contribution is 14.1. The third-order valence-electron chi connectivity index (χ3n) is 3.02. The fraction of sp³-hybridized carbons (Fsp3) is 1.00. The summed E-state index contributed by atoms with van der Waals surface area (Å²) in [7, 11) is 0. The van der Waals surface area contributed by atoms with Gasteiger partial charge in [0.1, 0.15) is 0 Å². The minimum absolute atomic E-state index is 0.718. The summed E-state index contributed by atoms with van der Waals surface area (Å²) in [5.74, 6) is 1.87. The van der Waals surface area contributed by atoms with Crippen molar-refractivity contribution in [3.63, 3.8) is 0 Å². The molecule has 0 amide bonds. The van der Waals surface area contributed by atoms with Gasteiger partial charge in [-0.15, -0.1) is 0 Å². The van der Waals surface area contributed by atoms with Gasteiger partial charge in [-0.25, -0.2) is 0 Å². The van der Waals surface area contributed by atoms with E-state index >= 15 is 0 Å². The molecule has 12 heavy (non-hydrogen) atoms. The van der Waals surface area contributed by atoms with Crippen molar-refractivity contribution in [3.05, 3.63) is 0 Å². The van der Waals surface area contributed by atoms with Gasteiger partial charge in [0.25, 0.3) is 0 Å². The van der Waals surface area contributed by atoms with E-state index in [9.17, 15) is 0 Å². The van der Waals surface area contributed by atoms with Crippen molar-refractivity contribution in [2.24, 2.45) is 11.8 Å². The number of hydrogen-bond donors (Lipinski definition) is 0. The second kappa shape index (κ2) is 4.80. The minimum Gasteiger partial charge on any atom is -0.292 e. The van der Waals surface area contributed by atoms with Crippen molar-refractivity contribution in [1.82, 2.24) is 4.90 Å². The van der Waals surface area contributed by atoms with Gasteiger partial charge < -0.3 is 0 Å². The van der Waals surface area contributed by atoms with Crippen LogP contribution in [0.25, 0.3) is 0 Å². The van der Waals surface area contributed by atoms with Crippen LogP contribution in [0.1, 0.15) is 33.6 Å². The van der Waals surface area contributed by atoms with Crippen LogP contribution in [0.4, 0.5) is 0 Å². The molecule has 72 valence electrons. The molecule has 0 aromatic rings. The van der Waals surface area contributed by atoms with Crippen LogP contribution >= 0.6 is 22.6 Å². The molecule has 0 aliphatic carbocycles. The zero-order valence-electron chi connectivity index (χ0n) is 8.39. The maximum atomic E-state index is 2.58. The molecule has 1 heterocycles. The summed E-state index contributed by atoms with van der Waals surface area (Å²) in [4.78, 5) is 2.58. The Labute approximate surface area is 90.0 Å². The predicted molar refractivity (Wildman–Crippen MR) is 62.6 cm³/mol. The van der Waals surface area contributed by atoms with E-state index in [-0.39, 0.29) is 0 Å². The lowest BCUT2D eigenvalue weighted by atomic mass is 9.87. The first-order valence-corrected chi connectivity index (χ1v) is 6.24. The number of piperidine rings is 1. The molecule has 1 rings (SSSR count). The summed E-state index contributed by atoms with van der Waals surface area (Å²) in [5, 5.41) is 0. The molecule has 0 saturated carbocycles. The Kier molecular flexibility index (Phi) is 4.30. The van der Waals surface area contributed by atoms with Gasteiger partial charge in [0.05, 0.1) is 4.05 Å². The van der Waals surface area contributed by atoms with Gasteiger partial charge in [0, 0.05) is 0 Å². The van der Waals surface area contributed by atoms with E-state index in [1.54, 1.807) is 0 Å². The molecule has 0 N–H and O–H groups in total. The summed E-state index contributed by atoms with van der Waals surface area (Å²) in [6.45, 7) is 9.62. The Hall–Kier alpha value is 0.690. The predicted octanol–water partition coefficient (Wildman–Crippen LogP) is 3.14. The highest BCUT2D eigenvalue weighted by atomic mass is 127. The van der Waals surface area contributed by atoms with Gasteiger partial charge in [-0.05, 0) is 44.7 Å². The molecule has 2 heteroatoms. The summed E-state index contributed by atoms with van der Waals surface area (Å²) < 4.78 is 0.718. The molecule has 0 aromatic carbocycles. The van der Waals surface area contributed by atoms with Crippen molar-refractivity contribution in [2.45, 2.75) is 37.7 Å². The molecular weight excluding hydrogens is 261 g/mol.